The summed E-state index contributed by atoms with van der Waals surface area (Å²) in [6.45, 7) is 5.07. The van der Waals surface area contributed by atoms with Crippen LogP contribution in [0, 0.1) is 5.41 Å². The zero-order chi connectivity index (χ0) is 11.4. The molecular weight excluding hydrogens is 188 g/mol. The molecule has 4 heteroatoms. The summed E-state index contributed by atoms with van der Waals surface area (Å²) in [7, 11) is 3.76. The molecule has 86 valence electrons. The van der Waals surface area contributed by atoms with Crippen molar-refractivity contribution in [2.45, 2.75) is 26.7 Å². The fraction of sp³-hybridized carbons (Fsp3) is 1.00. The normalized spacial score (nSPS) is 13.7. The Hall–Kier alpha value is -0.220. The van der Waals surface area contributed by atoms with Gasteiger partial charge in [-0.2, -0.15) is 0 Å². The van der Waals surface area contributed by atoms with E-state index in [1.165, 1.54) is 20.8 Å². The van der Waals surface area contributed by atoms with E-state index in [9.17, 15) is 8.78 Å². The predicted molar refractivity (Wildman–Crippen MR) is 53.8 cm³/mol. The van der Waals surface area contributed by atoms with E-state index >= 15 is 0 Å². The van der Waals surface area contributed by atoms with Crippen molar-refractivity contribution in [3.8, 4) is 0 Å². The van der Waals surface area contributed by atoms with E-state index in [-0.39, 0.29) is 0 Å². The highest BCUT2D eigenvalue weighted by Crippen LogP contribution is 2.35. The number of likely N-dealkylation sites (N-methyl/N-ethyl adjacent to an activating group) is 1. The van der Waals surface area contributed by atoms with Crippen LogP contribution in [0.15, 0.2) is 0 Å². The topological polar surface area (TPSA) is 12.5 Å². The first-order valence-electron chi connectivity index (χ1n) is 4.77. The highest BCUT2D eigenvalue weighted by Gasteiger charge is 2.43. The van der Waals surface area contributed by atoms with Crippen molar-refractivity contribution in [1.82, 2.24) is 4.90 Å². The Morgan fingerprint density at radius 1 is 1.14 bits per heavy atom. The molecular formula is C10H21F2NO. The molecule has 0 N–H and O–H groups in total. The lowest BCUT2D eigenvalue weighted by Gasteiger charge is -2.30. The molecule has 0 atom stereocenters. The van der Waals surface area contributed by atoms with E-state index in [0.29, 0.717) is 13.2 Å². The molecule has 0 saturated carbocycles. The third-order valence-electron chi connectivity index (χ3n) is 2.06. The Morgan fingerprint density at radius 2 is 1.64 bits per heavy atom. The molecule has 0 bridgehead atoms. The smallest absolute Gasteiger partial charge is 0.275 e. The maximum Gasteiger partial charge on any atom is 0.275 e. The summed E-state index contributed by atoms with van der Waals surface area (Å²) in [4.78, 5) is 1.90. The van der Waals surface area contributed by atoms with Crippen LogP contribution in [0.2, 0.25) is 0 Å². The van der Waals surface area contributed by atoms with Crippen LogP contribution >= 0.6 is 0 Å². The molecule has 0 spiro atoms. The maximum atomic E-state index is 13.3. The third kappa shape index (κ3) is 4.86. The van der Waals surface area contributed by atoms with Gasteiger partial charge in [0, 0.05) is 12.0 Å². The highest BCUT2D eigenvalue weighted by atomic mass is 19.3. The number of nitrogens with zero attached hydrogens (tertiary/aromatic N) is 1. The van der Waals surface area contributed by atoms with Crippen molar-refractivity contribution in [3.05, 3.63) is 0 Å². The fourth-order valence-corrected chi connectivity index (χ4v) is 0.664. The first-order valence-corrected chi connectivity index (χ1v) is 4.77. The van der Waals surface area contributed by atoms with E-state index in [2.05, 4.69) is 0 Å². The molecule has 0 amide bonds. The van der Waals surface area contributed by atoms with Crippen LogP contribution in [0.25, 0.3) is 0 Å². The van der Waals surface area contributed by atoms with Gasteiger partial charge < -0.3 is 9.64 Å². The van der Waals surface area contributed by atoms with Crippen LogP contribution in [-0.4, -0.2) is 44.7 Å². The van der Waals surface area contributed by atoms with Gasteiger partial charge in [-0.25, -0.2) is 8.78 Å². The molecule has 0 radical (unpaired) electrons. The molecule has 0 aromatic heterocycles. The summed E-state index contributed by atoms with van der Waals surface area (Å²) in [5.74, 6) is -2.76. The molecule has 0 aromatic carbocycles. The van der Waals surface area contributed by atoms with Gasteiger partial charge in [0.25, 0.3) is 5.92 Å². The van der Waals surface area contributed by atoms with Gasteiger partial charge in [0.2, 0.25) is 0 Å². The lowest BCUT2D eigenvalue weighted by Crippen LogP contribution is -2.39. The summed E-state index contributed by atoms with van der Waals surface area (Å²) >= 11 is 0. The maximum absolute atomic E-state index is 13.3. The molecule has 0 aromatic rings. The first-order chi connectivity index (χ1) is 6.17. The second-order valence-electron chi connectivity index (χ2n) is 4.81. The van der Waals surface area contributed by atoms with Gasteiger partial charge in [-0.15, -0.1) is 0 Å². The summed E-state index contributed by atoms with van der Waals surface area (Å²) in [6.07, 6.45) is 0. The molecule has 0 aliphatic carbocycles. The van der Waals surface area contributed by atoms with Crippen LogP contribution in [0.4, 0.5) is 8.78 Å². The molecule has 0 rings (SSSR count). The Bertz CT molecular complexity index is 164. The number of hydrogen-bond donors (Lipinski definition) is 0. The van der Waals surface area contributed by atoms with Crippen molar-refractivity contribution in [2.75, 3.05) is 33.9 Å². The van der Waals surface area contributed by atoms with Crippen molar-refractivity contribution in [1.29, 1.82) is 0 Å². The number of rotatable bonds is 5. The quantitative estimate of drug-likeness (QED) is 0.644. The predicted octanol–water partition coefficient (Wildman–Crippen LogP) is 2.25. The van der Waals surface area contributed by atoms with Crippen molar-refractivity contribution in [2.24, 2.45) is 5.41 Å². The SMILES string of the molecule is CN(C)CCOCC(F)(F)C(C)(C)C. The van der Waals surface area contributed by atoms with Gasteiger partial charge in [-0.05, 0) is 14.1 Å². The molecule has 0 saturated heterocycles. The molecule has 0 heterocycles. The zero-order valence-electron chi connectivity index (χ0n) is 9.73. The zero-order valence-corrected chi connectivity index (χ0v) is 9.73. The Morgan fingerprint density at radius 3 is 2.00 bits per heavy atom. The Labute approximate surface area is 85.2 Å². The average Bonchev–Trinajstić information content (AvgIpc) is 1.95. The lowest BCUT2D eigenvalue weighted by atomic mass is 9.88. The van der Waals surface area contributed by atoms with Gasteiger partial charge in [-0.3, -0.25) is 0 Å². The highest BCUT2D eigenvalue weighted by molar-refractivity contribution is 4.80. The second kappa shape index (κ2) is 5.03. The molecule has 0 fully saturated rings. The van der Waals surface area contributed by atoms with Gasteiger partial charge in [0.05, 0.1) is 6.61 Å². The number of halogens is 2. The van der Waals surface area contributed by atoms with Gasteiger partial charge in [0.1, 0.15) is 6.61 Å². The van der Waals surface area contributed by atoms with Crippen molar-refractivity contribution in [3.63, 3.8) is 0 Å². The Balaban J connectivity index is 3.78. The number of hydrogen-bond acceptors (Lipinski definition) is 2. The van der Waals surface area contributed by atoms with Crippen LogP contribution < -0.4 is 0 Å². The molecule has 0 aliphatic rings. The summed E-state index contributed by atoms with van der Waals surface area (Å²) in [5.41, 5.74) is -1.04. The van der Waals surface area contributed by atoms with E-state index in [4.69, 9.17) is 4.74 Å². The third-order valence-corrected chi connectivity index (χ3v) is 2.06. The van der Waals surface area contributed by atoms with Crippen molar-refractivity contribution >= 4 is 0 Å². The van der Waals surface area contributed by atoms with E-state index in [0.717, 1.165) is 0 Å². The van der Waals surface area contributed by atoms with E-state index in [1.807, 2.05) is 19.0 Å². The van der Waals surface area contributed by atoms with Gasteiger partial charge >= 0.3 is 0 Å². The fourth-order valence-electron chi connectivity index (χ4n) is 0.664. The van der Waals surface area contributed by atoms with Crippen LogP contribution in [0.1, 0.15) is 20.8 Å². The van der Waals surface area contributed by atoms with E-state index in [1.54, 1.807) is 0 Å². The lowest BCUT2D eigenvalue weighted by molar-refractivity contribution is -0.146. The first kappa shape index (κ1) is 13.8. The average molecular weight is 209 g/mol. The monoisotopic (exact) mass is 209 g/mol. The largest absolute Gasteiger partial charge is 0.374 e. The minimum absolute atomic E-state index is 0.346. The standard InChI is InChI=1S/C10H21F2NO/c1-9(2,3)10(11,12)8-14-7-6-13(4)5/h6-8H2,1-5H3. The molecule has 2 nitrogen and oxygen atoms in total. The summed E-state index contributed by atoms with van der Waals surface area (Å²) in [6, 6.07) is 0. The molecule has 0 aliphatic heterocycles. The number of ether oxygens (including phenoxy) is 1. The Kier molecular flexibility index (Phi) is 4.95. The number of alkyl halides is 2. The summed E-state index contributed by atoms with van der Waals surface area (Å²) in [5, 5.41) is 0. The van der Waals surface area contributed by atoms with Crippen LogP contribution in [0.3, 0.4) is 0 Å². The van der Waals surface area contributed by atoms with Crippen molar-refractivity contribution < 1.29 is 13.5 Å². The van der Waals surface area contributed by atoms with Crippen LogP contribution in [-0.2, 0) is 4.74 Å². The summed E-state index contributed by atoms with van der Waals surface area (Å²) < 4.78 is 31.6. The minimum Gasteiger partial charge on any atom is -0.374 e. The van der Waals surface area contributed by atoms with E-state index < -0.39 is 17.9 Å². The van der Waals surface area contributed by atoms with Gasteiger partial charge in [-0.1, -0.05) is 20.8 Å². The molecule has 14 heavy (non-hydrogen) atoms. The minimum atomic E-state index is -2.76. The van der Waals surface area contributed by atoms with Gasteiger partial charge in [0.15, 0.2) is 0 Å². The second-order valence-corrected chi connectivity index (χ2v) is 4.81. The van der Waals surface area contributed by atoms with Crippen LogP contribution in [0.5, 0.6) is 0 Å². The molecule has 0 unspecified atom stereocenters.